The Morgan fingerprint density at radius 1 is 1.44 bits per heavy atom. The number of carbonyl (C=O) groups is 1. The first-order valence-electron chi connectivity index (χ1n) is 5.98. The van der Waals surface area contributed by atoms with Crippen LogP contribution in [0.1, 0.15) is 5.56 Å². The maximum Gasteiger partial charge on any atom is 0.231 e. The monoisotopic (exact) mass is 250 g/mol. The highest BCUT2D eigenvalue weighted by Crippen LogP contribution is 2.27. The van der Waals surface area contributed by atoms with Crippen LogP contribution in [0.25, 0.3) is 0 Å². The summed E-state index contributed by atoms with van der Waals surface area (Å²) in [5.41, 5.74) is 1.18. The van der Waals surface area contributed by atoms with E-state index < -0.39 is 0 Å². The third-order valence-corrected chi connectivity index (χ3v) is 3.28. The van der Waals surface area contributed by atoms with Gasteiger partial charge in [0.05, 0.1) is 24.8 Å². The van der Waals surface area contributed by atoms with E-state index in [1.54, 1.807) is 25.1 Å². The lowest BCUT2D eigenvalue weighted by atomic mass is 10.0. The Labute approximate surface area is 106 Å². The van der Waals surface area contributed by atoms with Crippen LogP contribution in [0.2, 0.25) is 0 Å². The average molecular weight is 250 g/mol. The topological polar surface area (TPSA) is 70.6 Å². The van der Waals surface area contributed by atoms with E-state index in [2.05, 4.69) is 10.6 Å². The van der Waals surface area contributed by atoms with Crippen LogP contribution in [0.4, 0.5) is 5.69 Å². The van der Waals surface area contributed by atoms with E-state index >= 15 is 0 Å². The number of phenolic OH excluding ortho intramolecular Hbond substituents is 1. The van der Waals surface area contributed by atoms with Gasteiger partial charge in [-0.2, -0.15) is 0 Å². The molecule has 1 heterocycles. The Kier molecular flexibility index (Phi) is 3.84. The number of benzene rings is 1. The molecule has 1 fully saturated rings. The molecule has 2 rings (SSSR count). The molecule has 1 aromatic carbocycles. The summed E-state index contributed by atoms with van der Waals surface area (Å²) in [7, 11) is 1.81. The van der Waals surface area contributed by atoms with Crippen molar-refractivity contribution in [3.05, 3.63) is 23.8 Å². The highest BCUT2D eigenvalue weighted by atomic mass is 16.5. The fourth-order valence-electron chi connectivity index (χ4n) is 2.08. The first kappa shape index (κ1) is 12.9. The van der Waals surface area contributed by atoms with Crippen molar-refractivity contribution in [3.63, 3.8) is 0 Å². The molecule has 2 atom stereocenters. The molecule has 1 aromatic rings. The number of nitrogens with one attached hydrogen (secondary N) is 2. The van der Waals surface area contributed by atoms with Crippen LogP contribution in [0.15, 0.2) is 18.2 Å². The van der Waals surface area contributed by atoms with E-state index in [1.165, 1.54) is 0 Å². The molecular weight excluding hydrogens is 232 g/mol. The lowest BCUT2D eigenvalue weighted by Crippen LogP contribution is -2.39. The van der Waals surface area contributed by atoms with Gasteiger partial charge in [0.25, 0.3) is 0 Å². The standard InChI is InChI=1S/C13H18N2O3/c1-8-4-3-5-10(12(8)16)15-13(17)9-6-18-7-11(9)14-2/h3-5,9,11,14,16H,6-7H2,1-2H3,(H,15,17). The van der Waals surface area contributed by atoms with Gasteiger partial charge in [-0.05, 0) is 25.6 Å². The number of aryl methyl sites for hydroxylation is 1. The van der Waals surface area contributed by atoms with E-state index in [4.69, 9.17) is 4.74 Å². The Bertz CT molecular complexity index is 448. The van der Waals surface area contributed by atoms with Gasteiger partial charge < -0.3 is 20.5 Å². The molecule has 1 aliphatic rings. The predicted molar refractivity (Wildman–Crippen MR) is 68.6 cm³/mol. The molecule has 1 aliphatic heterocycles. The van der Waals surface area contributed by atoms with Gasteiger partial charge in [0, 0.05) is 6.04 Å². The zero-order chi connectivity index (χ0) is 13.1. The minimum absolute atomic E-state index is 0.0250. The fourth-order valence-corrected chi connectivity index (χ4v) is 2.08. The molecule has 0 bridgehead atoms. The molecule has 98 valence electrons. The highest BCUT2D eigenvalue weighted by Gasteiger charge is 2.33. The maximum atomic E-state index is 12.1. The van der Waals surface area contributed by atoms with Gasteiger partial charge in [0.15, 0.2) is 0 Å². The molecule has 0 spiro atoms. The number of hydrogen-bond donors (Lipinski definition) is 3. The molecule has 0 radical (unpaired) electrons. The van der Waals surface area contributed by atoms with Gasteiger partial charge in [0.1, 0.15) is 5.75 Å². The number of hydrogen-bond acceptors (Lipinski definition) is 4. The Hall–Kier alpha value is -1.59. The second-order valence-electron chi connectivity index (χ2n) is 4.50. The van der Waals surface area contributed by atoms with Gasteiger partial charge >= 0.3 is 0 Å². The van der Waals surface area contributed by atoms with E-state index in [0.29, 0.717) is 18.9 Å². The van der Waals surface area contributed by atoms with Gasteiger partial charge in [-0.1, -0.05) is 12.1 Å². The molecular formula is C13H18N2O3. The maximum absolute atomic E-state index is 12.1. The van der Waals surface area contributed by atoms with Crippen molar-refractivity contribution in [3.8, 4) is 5.75 Å². The third kappa shape index (κ3) is 2.47. The van der Waals surface area contributed by atoms with Gasteiger partial charge in [-0.25, -0.2) is 0 Å². The summed E-state index contributed by atoms with van der Waals surface area (Å²) in [4.78, 5) is 12.1. The number of phenols is 1. The molecule has 2 unspecified atom stereocenters. The van der Waals surface area contributed by atoms with Crippen LogP contribution in [-0.4, -0.2) is 37.3 Å². The number of likely N-dealkylation sites (N-methyl/N-ethyl adjacent to an activating group) is 1. The van der Waals surface area contributed by atoms with E-state index in [-0.39, 0.29) is 23.6 Å². The van der Waals surface area contributed by atoms with Crippen LogP contribution < -0.4 is 10.6 Å². The molecule has 1 amide bonds. The van der Waals surface area contributed by atoms with Crippen LogP contribution in [0.5, 0.6) is 5.75 Å². The molecule has 3 N–H and O–H groups in total. The molecule has 5 nitrogen and oxygen atoms in total. The SMILES string of the molecule is CNC1COCC1C(=O)Nc1cccc(C)c1O. The number of carbonyl (C=O) groups excluding carboxylic acids is 1. The lowest BCUT2D eigenvalue weighted by Gasteiger charge is -2.17. The van der Waals surface area contributed by atoms with Crippen molar-refractivity contribution in [2.24, 2.45) is 5.92 Å². The number of amides is 1. The molecule has 0 aromatic heterocycles. The zero-order valence-electron chi connectivity index (χ0n) is 10.6. The molecule has 18 heavy (non-hydrogen) atoms. The number of anilines is 1. The largest absolute Gasteiger partial charge is 0.505 e. The third-order valence-electron chi connectivity index (χ3n) is 3.28. The number of ether oxygens (including phenoxy) is 1. The molecule has 5 heteroatoms. The van der Waals surface area contributed by atoms with Crippen molar-refractivity contribution in [1.82, 2.24) is 5.32 Å². The number of aromatic hydroxyl groups is 1. The summed E-state index contributed by atoms with van der Waals surface area (Å²) in [5.74, 6) is -0.242. The van der Waals surface area contributed by atoms with Crippen molar-refractivity contribution < 1.29 is 14.6 Å². The smallest absolute Gasteiger partial charge is 0.231 e. The minimum atomic E-state index is -0.227. The van der Waals surface area contributed by atoms with Crippen LogP contribution in [0.3, 0.4) is 0 Å². The summed E-state index contributed by atoms with van der Waals surface area (Å²) in [6.07, 6.45) is 0. The normalized spacial score (nSPS) is 23.0. The minimum Gasteiger partial charge on any atom is -0.505 e. The molecule has 1 saturated heterocycles. The van der Waals surface area contributed by atoms with E-state index in [1.807, 2.05) is 7.05 Å². The van der Waals surface area contributed by atoms with Crippen molar-refractivity contribution in [2.45, 2.75) is 13.0 Å². The van der Waals surface area contributed by atoms with Gasteiger partial charge in [-0.15, -0.1) is 0 Å². The van der Waals surface area contributed by atoms with Gasteiger partial charge in [-0.3, -0.25) is 4.79 Å². The first-order chi connectivity index (χ1) is 8.63. The Balaban J connectivity index is 2.09. The average Bonchev–Trinajstić information content (AvgIpc) is 2.83. The van der Waals surface area contributed by atoms with Crippen molar-refractivity contribution in [1.29, 1.82) is 0 Å². The summed E-state index contributed by atoms with van der Waals surface area (Å²) in [5, 5.41) is 15.7. The Morgan fingerprint density at radius 2 is 2.22 bits per heavy atom. The van der Waals surface area contributed by atoms with Gasteiger partial charge in [0.2, 0.25) is 5.91 Å². The van der Waals surface area contributed by atoms with E-state index in [0.717, 1.165) is 5.56 Å². The second kappa shape index (κ2) is 5.37. The summed E-state index contributed by atoms with van der Waals surface area (Å²) in [6.45, 7) is 2.73. The number of rotatable bonds is 3. The van der Waals surface area contributed by atoms with Crippen LogP contribution in [-0.2, 0) is 9.53 Å². The summed E-state index contributed by atoms with van der Waals surface area (Å²) < 4.78 is 5.29. The summed E-state index contributed by atoms with van der Waals surface area (Å²) >= 11 is 0. The second-order valence-corrected chi connectivity index (χ2v) is 4.50. The summed E-state index contributed by atoms with van der Waals surface area (Å²) in [6, 6.07) is 5.30. The first-order valence-corrected chi connectivity index (χ1v) is 5.98. The predicted octanol–water partition coefficient (Wildman–Crippen LogP) is 0.874. The van der Waals surface area contributed by atoms with Crippen LogP contribution in [0, 0.1) is 12.8 Å². The number of para-hydroxylation sites is 1. The van der Waals surface area contributed by atoms with Crippen molar-refractivity contribution >= 4 is 11.6 Å². The fraction of sp³-hybridized carbons (Fsp3) is 0.462. The quantitative estimate of drug-likeness (QED) is 0.696. The van der Waals surface area contributed by atoms with Crippen LogP contribution >= 0.6 is 0 Å². The zero-order valence-corrected chi connectivity index (χ0v) is 10.6. The lowest BCUT2D eigenvalue weighted by molar-refractivity contribution is -0.120. The Morgan fingerprint density at radius 3 is 2.94 bits per heavy atom. The van der Waals surface area contributed by atoms with E-state index in [9.17, 15) is 9.90 Å². The molecule has 0 aliphatic carbocycles. The molecule has 0 saturated carbocycles. The van der Waals surface area contributed by atoms with Crippen molar-refractivity contribution in [2.75, 3.05) is 25.6 Å². The highest BCUT2D eigenvalue weighted by molar-refractivity contribution is 5.94.